The van der Waals surface area contributed by atoms with Crippen LogP contribution in [0.5, 0.6) is 0 Å². The zero-order valence-electron chi connectivity index (χ0n) is 11.5. The number of hydrogen-bond donors (Lipinski definition) is 2. The van der Waals surface area contributed by atoms with E-state index in [-0.39, 0.29) is 24.0 Å². The van der Waals surface area contributed by atoms with Crippen LogP contribution in [0.3, 0.4) is 0 Å². The molecule has 0 unspecified atom stereocenters. The molecule has 2 aliphatic rings. The van der Waals surface area contributed by atoms with Crippen molar-refractivity contribution < 1.29 is 0 Å². The molecular formula is C14H26IN3. The predicted octanol–water partition coefficient (Wildman–Crippen LogP) is 3.07. The van der Waals surface area contributed by atoms with Crippen molar-refractivity contribution >= 4 is 29.9 Å². The van der Waals surface area contributed by atoms with Crippen LogP contribution in [0.1, 0.15) is 45.4 Å². The van der Waals surface area contributed by atoms with Crippen molar-refractivity contribution in [3.05, 3.63) is 12.2 Å². The Morgan fingerprint density at radius 1 is 1.28 bits per heavy atom. The Kier molecular flexibility index (Phi) is 6.46. The van der Waals surface area contributed by atoms with Crippen LogP contribution < -0.4 is 10.6 Å². The van der Waals surface area contributed by atoms with Gasteiger partial charge in [-0.05, 0) is 31.1 Å². The first kappa shape index (κ1) is 15.8. The van der Waals surface area contributed by atoms with Gasteiger partial charge in [-0.1, -0.05) is 31.9 Å². The summed E-state index contributed by atoms with van der Waals surface area (Å²) < 4.78 is 0. The second-order valence-corrected chi connectivity index (χ2v) is 5.73. The molecular weight excluding hydrogens is 337 g/mol. The van der Waals surface area contributed by atoms with E-state index in [1.54, 1.807) is 0 Å². The smallest absolute Gasteiger partial charge is 0.191 e. The zero-order valence-corrected chi connectivity index (χ0v) is 13.9. The van der Waals surface area contributed by atoms with Gasteiger partial charge in [-0.2, -0.15) is 0 Å². The van der Waals surface area contributed by atoms with E-state index in [0.29, 0.717) is 11.5 Å². The molecule has 2 rings (SSSR count). The Bertz CT molecular complexity index is 298. The summed E-state index contributed by atoms with van der Waals surface area (Å²) in [6.45, 7) is 3.43. The second kappa shape index (κ2) is 7.36. The molecule has 2 aliphatic carbocycles. The van der Waals surface area contributed by atoms with Crippen molar-refractivity contribution in [1.82, 2.24) is 10.6 Å². The number of nitrogens with zero attached hydrogens (tertiary/aromatic N) is 1. The molecule has 0 bridgehead atoms. The fraction of sp³-hybridized carbons (Fsp3) is 0.786. The number of aliphatic imine (C=N–C) groups is 1. The lowest BCUT2D eigenvalue weighted by atomic mass is 9.89. The summed E-state index contributed by atoms with van der Waals surface area (Å²) in [5, 5.41) is 6.97. The highest BCUT2D eigenvalue weighted by Gasteiger charge is 2.28. The molecule has 0 aromatic heterocycles. The van der Waals surface area contributed by atoms with Gasteiger partial charge in [0.25, 0.3) is 0 Å². The summed E-state index contributed by atoms with van der Waals surface area (Å²) in [6, 6.07) is 0.539. The summed E-state index contributed by atoms with van der Waals surface area (Å²) in [4.78, 5) is 4.31. The van der Waals surface area contributed by atoms with E-state index in [1.807, 2.05) is 7.05 Å². The van der Waals surface area contributed by atoms with Crippen LogP contribution in [-0.4, -0.2) is 25.6 Å². The van der Waals surface area contributed by atoms with Crippen LogP contribution >= 0.6 is 24.0 Å². The molecule has 1 saturated carbocycles. The van der Waals surface area contributed by atoms with E-state index >= 15 is 0 Å². The molecule has 0 atom stereocenters. The van der Waals surface area contributed by atoms with E-state index in [4.69, 9.17) is 0 Å². The third-order valence-corrected chi connectivity index (χ3v) is 4.07. The third-order valence-electron chi connectivity index (χ3n) is 4.07. The summed E-state index contributed by atoms with van der Waals surface area (Å²) in [5.74, 6) is 0.965. The molecule has 1 fully saturated rings. The van der Waals surface area contributed by atoms with Gasteiger partial charge in [0.15, 0.2) is 5.96 Å². The Balaban J connectivity index is 0.00000162. The third kappa shape index (κ3) is 4.44. The van der Waals surface area contributed by atoms with Gasteiger partial charge in [0.1, 0.15) is 0 Å². The molecule has 0 saturated heterocycles. The largest absolute Gasteiger partial charge is 0.356 e. The highest BCUT2D eigenvalue weighted by Crippen LogP contribution is 2.36. The van der Waals surface area contributed by atoms with Crippen molar-refractivity contribution in [2.75, 3.05) is 13.6 Å². The maximum absolute atomic E-state index is 4.31. The van der Waals surface area contributed by atoms with Gasteiger partial charge in [0, 0.05) is 19.6 Å². The summed E-state index contributed by atoms with van der Waals surface area (Å²) >= 11 is 0. The van der Waals surface area contributed by atoms with Gasteiger partial charge < -0.3 is 10.6 Å². The van der Waals surface area contributed by atoms with Crippen LogP contribution in [0.25, 0.3) is 0 Å². The van der Waals surface area contributed by atoms with Crippen LogP contribution in [0.2, 0.25) is 0 Å². The number of guanidine groups is 1. The van der Waals surface area contributed by atoms with Gasteiger partial charge in [-0.25, -0.2) is 0 Å². The van der Waals surface area contributed by atoms with Crippen LogP contribution in [0.4, 0.5) is 0 Å². The maximum Gasteiger partial charge on any atom is 0.191 e. The predicted molar refractivity (Wildman–Crippen MR) is 88.6 cm³/mol. The highest BCUT2D eigenvalue weighted by molar-refractivity contribution is 14.0. The SMILES string of the molecule is CN=C(NCC1(C)CCCC1)NC1CC=CC1.I. The quantitative estimate of drug-likeness (QED) is 0.350. The molecule has 0 aromatic carbocycles. The van der Waals surface area contributed by atoms with Crippen molar-refractivity contribution in [3.63, 3.8) is 0 Å². The number of nitrogens with one attached hydrogen (secondary N) is 2. The van der Waals surface area contributed by atoms with Gasteiger partial charge in [-0.15, -0.1) is 24.0 Å². The summed E-state index contributed by atoms with van der Waals surface area (Å²) in [5.41, 5.74) is 0.478. The monoisotopic (exact) mass is 363 g/mol. The van der Waals surface area contributed by atoms with Gasteiger partial charge in [0.2, 0.25) is 0 Å². The minimum atomic E-state index is 0. The first-order valence-corrected chi connectivity index (χ1v) is 6.84. The standard InChI is InChI=1S/C14H25N3.HI/c1-14(9-5-6-10-14)11-16-13(15-2)17-12-7-3-4-8-12;/h3-4,12H,5-11H2,1-2H3,(H2,15,16,17);1H. The minimum absolute atomic E-state index is 0. The Labute approximate surface area is 128 Å². The Hall–Kier alpha value is -0.260. The molecule has 18 heavy (non-hydrogen) atoms. The highest BCUT2D eigenvalue weighted by atomic mass is 127. The topological polar surface area (TPSA) is 36.4 Å². The van der Waals surface area contributed by atoms with Crippen molar-refractivity contribution in [3.8, 4) is 0 Å². The van der Waals surface area contributed by atoms with Gasteiger partial charge >= 0.3 is 0 Å². The zero-order chi connectivity index (χ0) is 12.1. The van der Waals surface area contributed by atoms with E-state index in [9.17, 15) is 0 Å². The Morgan fingerprint density at radius 2 is 1.89 bits per heavy atom. The Morgan fingerprint density at radius 3 is 2.44 bits per heavy atom. The number of halogens is 1. The lowest BCUT2D eigenvalue weighted by Gasteiger charge is -2.26. The van der Waals surface area contributed by atoms with E-state index < -0.39 is 0 Å². The maximum atomic E-state index is 4.31. The van der Waals surface area contributed by atoms with Gasteiger partial charge in [0.05, 0.1) is 0 Å². The molecule has 3 nitrogen and oxygen atoms in total. The molecule has 4 heteroatoms. The fourth-order valence-corrected chi connectivity index (χ4v) is 2.83. The average molecular weight is 363 g/mol. The lowest BCUT2D eigenvalue weighted by Crippen LogP contribution is -2.45. The van der Waals surface area contributed by atoms with Crippen molar-refractivity contribution in [2.45, 2.75) is 51.5 Å². The van der Waals surface area contributed by atoms with E-state index in [0.717, 1.165) is 25.3 Å². The molecule has 104 valence electrons. The van der Waals surface area contributed by atoms with Gasteiger partial charge in [-0.3, -0.25) is 4.99 Å². The molecule has 0 radical (unpaired) electrons. The second-order valence-electron chi connectivity index (χ2n) is 5.73. The number of hydrogen-bond acceptors (Lipinski definition) is 1. The minimum Gasteiger partial charge on any atom is -0.356 e. The van der Waals surface area contributed by atoms with Crippen LogP contribution in [-0.2, 0) is 0 Å². The van der Waals surface area contributed by atoms with Crippen LogP contribution in [0.15, 0.2) is 17.1 Å². The normalized spacial score (nSPS) is 22.9. The molecule has 0 aliphatic heterocycles. The molecule has 0 amide bonds. The fourth-order valence-electron chi connectivity index (χ4n) is 2.83. The summed E-state index contributed by atoms with van der Waals surface area (Å²) in [7, 11) is 1.86. The lowest BCUT2D eigenvalue weighted by molar-refractivity contribution is 0.333. The number of rotatable bonds is 3. The van der Waals surface area contributed by atoms with Crippen LogP contribution in [0, 0.1) is 5.41 Å². The van der Waals surface area contributed by atoms with E-state index in [1.165, 1.54) is 25.7 Å². The van der Waals surface area contributed by atoms with Crippen molar-refractivity contribution in [1.29, 1.82) is 0 Å². The average Bonchev–Trinajstić information content (AvgIpc) is 2.96. The molecule has 0 spiro atoms. The molecule has 0 heterocycles. The van der Waals surface area contributed by atoms with Crippen molar-refractivity contribution in [2.24, 2.45) is 10.4 Å². The molecule has 0 aromatic rings. The first-order chi connectivity index (χ1) is 8.22. The first-order valence-electron chi connectivity index (χ1n) is 6.84. The summed E-state index contributed by atoms with van der Waals surface area (Å²) in [6.07, 6.45) is 12.2. The van der Waals surface area contributed by atoms with E-state index in [2.05, 4.69) is 34.7 Å². The molecule has 2 N–H and O–H groups in total.